The van der Waals surface area contributed by atoms with Crippen molar-refractivity contribution >= 4 is 11.6 Å². The molecule has 4 heteroatoms. The van der Waals surface area contributed by atoms with E-state index in [9.17, 15) is 4.79 Å². The maximum absolute atomic E-state index is 12.4. The van der Waals surface area contributed by atoms with Gasteiger partial charge in [-0.05, 0) is 55.5 Å². The number of carbonyl (C=O) groups excluding carboxylic acids is 1. The third kappa shape index (κ3) is 2.80. The van der Waals surface area contributed by atoms with Gasteiger partial charge in [0.05, 0.1) is 11.6 Å². The molecule has 0 spiro atoms. The third-order valence-corrected chi connectivity index (χ3v) is 6.03. The summed E-state index contributed by atoms with van der Waals surface area (Å²) in [6.45, 7) is 4.13. The lowest BCUT2D eigenvalue weighted by molar-refractivity contribution is 0.1000. The third-order valence-electron chi connectivity index (χ3n) is 6.03. The van der Waals surface area contributed by atoms with E-state index in [0.29, 0.717) is 5.56 Å². The highest BCUT2D eigenvalue weighted by molar-refractivity contribution is 6.02. The minimum Gasteiger partial charge on any atom is -0.378 e. The maximum atomic E-state index is 12.4. The quantitative estimate of drug-likeness (QED) is 0.733. The Morgan fingerprint density at radius 1 is 1.04 bits per heavy atom. The number of rotatable bonds is 4. The molecule has 1 heterocycles. The first-order chi connectivity index (χ1) is 13.4. The number of benzene rings is 2. The Morgan fingerprint density at radius 3 is 2.36 bits per heavy atom. The zero-order valence-electron chi connectivity index (χ0n) is 17.0. The monoisotopic (exact) mass is 373 g/mol. The molecule has 1 aliphatic rings. The van der Waals surface area contributed by atoms with E-state index in [1.165, 1.54) is 11.1 Å². The standard InChI is InChI=1S/C24H27N3O/c1-15-22(18-9-12-19(13-10-18)26(3)4)23(24(25)28)16(2)27(15)21-14-11-17-7-5-6-8-20(17)21/h5-10,12-13,21H,11,14H2,1-4H3,(H2,25,28). The number of amides is 1. The average molecular weight is 374 g/mol. The van der Waals surface area contributed by atoms with Gasteiger partial charge in [-0.2, -0.15) is 0 Å². The molecule has 0 saturated heterocycles. The molecule has 2 N–H and O–H groups in total. The second-order valence-electron chi connectivity index (χ2n) is 7.85. The van der Waals surface area contributed by atoms with Crippen LogP contribution in [0.15, 0.2) is 48.5 Å². The van der Waals surface area contributed by atoms with E-state index in [1.54, 1.807) is 0 Å². The maximum Gasteiger partial charge on any atom is 0.251 e. The van der Waals surface area contributed by atoms with Crippen LogP contribution >= 0.6 is 0 Å². The van der Waals surface area contributed by atoms with E-state index < -0.39 is 0 Å². The first kappa shape index (κ1) is 18.4. The van der Waals surface area contributed by atoms with Gasteiger partial charge in [-0.25, -0.2) is 0 Å². The first-order valence-electron chi connectivity index (χ1n) is 9.77. The van der Waals surface area contributed by atoms with Crippen molar-refractivity contribution in [2.24, 2.45) is 5.73 Å². The molecule has 4 nitrogen and oxygen atoms in total. The molecule has 4 rings (SSSR count). The van der Waals surface area contributed by atoms with Crippen molar-refractivity contribution in [3.05, 3.63) is 76.6 Å². The molecular weight excluding hydrogens is 346 g/mol. The van der Waals surface area contributed by atoms with Gasteiger partial charge in [-0.3, -0.25) is 4.79 Å². The van der Waals surface area contributed by atoms with Crippen LogP contribution in [0.1, 0.15) is 45.3 Å². The van der Waals surface area contributed by atoms with Gasteiger partial charge in [0.1, 0.15) is 0 Å². The lowest BCUT2D eigenvalue weighted by Crippen LogP contribution is -2.15. The van der Waals surface area contributed by atoms with Gasteiger partial charge >= 0.3 is 0 Å². The molecule has 1 atom stereocenters. The second kappa shape index (κ2) is 6.86. The van der Waals surface area contributed by atoms with Crippen molar-refractivity contribution in [1.82, 2.24) is 4.57 Å². The van der Waals surface area contributed by atoms with E-state index in [2.05, 4.69) is 64.9 Å². The summed E-state index contributed by atoms with van der Waals surface area (Å²) < 4.78 is 2.32. The molecule has 3 aromatic rings. The molecule has 1 amide bonds. The Balaban J connectivity index is 1.89. The fraction of sp³-hybridized carbons (Fsp3) is 0.292. The number of hydrogen-bond acceptors (Lipinski definition) is 2. The highest BCUT2D eigenvalue weighted by Gasteiger charge is 2.30. The molecule has 1 unspecified atom stereocenters. The zero-order valence-corrected chi connectivity index (χ0v) is 17.0. The number of aryl methyl sites for hydroxylation is 1. The summed E-state index contributed by atoms with van der Waals surface area (Å²) in [5.41, 5.74) is 14.4. The Hall–Kier alpha value is -3.01. The topological polar surface area (TPSA) is 51.3 Å². The van der Waals surface area contributed by atoms with E-state index in [0.717, 1.165) is 41.0 Å². The van der Waals surface area contributed by atoms with E-state index >= 15 is 0 Å². The SMILES string of the molecule is Cc1c(C(N)=O)c(-c2ccc(N(C)C)cc2)c(C)n1C1CCc2ccccc21. The molecule has 2 aromatic carbocycles. The predicted molar refractivity (Wildman–Crippen MR) is 115 cm³/mol. The Kier molecular flexibility index (Phi) is 4.50. The van der Waals surface area contributed by atoms with Gasteiger partial charge in [-0.1, -0.05) is 36.4 Å². The minimum absolute atomic E-state index is 0.254. The lowest BCUT2D eigenvalue weighted by atomic mass is 10.00. The van der Waals surface area contributed by atoms with Crippen molar-refractivity contribution in [2.45, 2.75) is 32.7 Å². The van der Waals surface area contributed by atoms with Gasteiger partial charge in [-0.15, -0.1) is 0 Å². The molecule has 0 bridgehead atoms. The fourth-order valence-electron chi connectivity index (χ4n) is 4.71. The first-order valence-corrected chi connectivity index (χ1v) is 9.77. The fourth-order valence-corrected chi connectivity index (χ4v) is 4.71. The predicted octanol–water partition coefficient (Wildman–Crippen LogP) is 4.47. The van der Waals surface area contributed by atoms with Crippen LogP contribution in [0.3, 0.4) is 0 Å². The van der Waals surface area contributed by atoms with Gasteiger partial charge in [0.15, 0.2) is 0 Å². The normalized spacial score (nSPS) is 15.5. The van der Waals surface area contributed by atoms with Crippen LogP contribution in [0.4, 0.5) is 5.69 Å². The summed E-state index contributed by atoms with van der Waals surface area (Å²) in [7, 11) is 4.04. The number of carbonyl (C=O) groups is 1. The number of nitrogens with zero attached hydrogens (tertiary/aromatic N) is 2. The molecule has 0 fully saturated rings. The molecule has 1 aromatic heterocycles. The number of anilines is 1. The van der Waals surface area contributed by atoms with Gasteiger partial charge in [0, 0.05) is 36.7 Å². The van der Waals surface area contributed by atoms with Crippen LogP contribution in [0.25, 0.3) is 11.1 Å². The Bertz CT molecular complexity index is 1040. The summed E-state index contributed by atoms with van der Waals surface area (Å²) in [6, 6.07) is 17.2. The van der Waals surface area contributed by atoms with Crippen molar-refractivity contribution in [3.8, 4) is 11.1 Å². The second-order valence-corrected chi connectivity index (χ2v) is 7.85. The van der Waals surface area contributed by atoms with E-state index in [4.69, 9.17) is 5.73 Å². The number of primary amides is 1. The number of hydrogen-bond donors (Lipinski definition) is 1. The van der Waals surface area contributed by atoms with Crippen LogP contribution < -0.4 is 10.6 Å². The van der Waals surface area contributed by atoms with Crippen LogP contribution in [-0.2, 0) is 6.42 Å². The Morgan fingerprint density at radius 2 is 1.71 bits per heavy atom. The van der Waals surface area contributed by atoms with Gasteiger partial charge in [0.2, 0.25) is 0 Å². The lowest BCUT2D eigenvalue weighted by Gasteiger charge is -2.19. The van der Waals surface area contributed by atoms with Crippen LogP contribution in [-0.4, -0.2) is 24.6 Å². The number of aromatic nitrogens is 1. The molecule has 0 aliphatic heterocycles. The van der Waals surface area contributed by atoms with Crippen molar-refractivity contribution in [2.75, 3.05) is 19.0 Å². The minimum atomic E-state index is -0.364. The Labute approximate surface area is 166 Å². The average Bonchev–Trinajstić information content (AvgIpc) is 3.20. The largest absolute Gasteiger partial charge is 0.378 e. The van der Waals surface area contributed by atoms with E-state index in [-0.39, 0.29) is 11.9 Å². The summed E-state index contributed by atoms with van der Waals surface area (Å²) in [6.07, 6.45) is 2.11. The summed E-state index contributed by atoms with van der Waals surface area (Å²) >= 11 is 0. The van der Waals surface area contributed by atoms with Crippen molar-refractivity contribution in [3.63, 3.8) is 0 Å². The smallest absolute Gasteiger partial charge is 0.251 e. The van der Waals surface area contributed by atoms with Crippen LogP contribution in [0, 0.1) is 13.8 Å². The molecule has 1 aliphatic carbocycles. The zero-order chi connectivity index (χ0) is 20.0. The molecule has 0 radical (unpaired) electrons. The van der Waals surface area contributed by atoms with Crippen molar-refractivity contribution < 1.29 is 4.79 Å². The van der Waals surface area contributed by atoms with Gasteiger partial charge < -0.3 is 15.2 Å². The highest BCUT2D eigenvalue weighted by Crippen LogP contribution is 2.41. The van der Waals surface area contributed by atoms with Crippen LogP contribution in [0.2, 0.25) is 0 Å². The van der Waals surface area contributed by atoms with E-state index in [1.807, 2.05) is 21.0 Å². The van der Waals surface area contributed by atoms with Crippen molar-refractivity contribution in [1.29, 1.82) is 0 Å². The number of fused-ring (bicyclic) bond motifs is 1. The highest BCUT2D eigenvalue weighted by atomic mass is 16.1. The molecule has 28 heavy (non-hydrogen) atoms. The molecule has 144 valence electrons. The summed E-state index contributed by atoms with van der Waals surface area (Å²) in [5, 5.41) is 0. The number of nitrogens with two attached hydrogens (primary N) is 1. The van der Waals surface area contributed by atoms with Crippen LogP contribution in [0.5, 0.6) is 0 Å². The molecular formula is C24H27N3O. The summed E-state index contributed by atoms with van der Waals surface area (Å²) in [4.78, 5) is 14.5. The summed E-state index contributed by atoms with van der Waals surface area (Å²) in [5.74, 6) is -0.364. The molecule has 0 saturated carbocycles. The van der Waals surface area contributed by atoms with Gasteiger partial charge in [0.25, 0.3) is 5.91 Å².